The fourth-order valence-corrected chi connectivity index (χ4v) is 6.12. The van der Waals surface area contributed by atoms with E-state index in [4.69, 9.17) is 10.2 Å². The van der Waals surface area contributed by atoms with Gasteiger partial charge in [-0.15, -0.1) is 0 Å². The highest BCUT2D eigenvalue weighted by molar-refractivity contribution is 14.1. The summed E-state index contributed by atoms with van der Waals surface area (Å²) < 4.78 is 0.651. The molecule has 14 heteroatoms. The summed E-state index contributed by atoms with van der Waals surface area (Å²) in [4.78, 5) is 46.9. The predicted octanol–water partition coefficient (Wildman–Crippen LogP) is -0.859. The van der Waals surface area contributed by atoms with Crippen LogP contribution >= 0.6 is 67.8 Å². The van der Waals surface area contributed by atoms with Crippen LogP contribution in [-0.2, 0) is 9.59 Å². The van der Waals surface area contributed by atoms with Gasteiger partial charge in [-0.2, -0.15) is 0 Å². The summed E-state index contributed by atoms with van der Waals surface area (Å²) in [6, 6.07) is 0. The van der Waals surface area contributed by atoms with E-state index in [1.54, 1.807) is 67.8 Å². The minimum atomic E-state index is -2.37. The van der Waals surface area contributed by atoms with Gasteiger partial charge in [0.2, 0.25) is 0 Å². The molecule has 1 aromatic rings. The van der Waals surface area contributed by atoms with E-state index in [1.807, 2.05) is 0 Å². The SMILES string of the molecule is O=Cc1c(I)c(NC(=O)C(O)C(O)C(=O)O)c(I)c(C(=O)NCC(O)CO)c1I. The van der Waals surface area contributed by atoms with Crippen LogP contribution in [-0.4, -0.2) is 81.1 Å². The van der Waals surface area contributed by atoms with Gasteiger partial charge in [-0.1, -0.05) is 0 Å². The van der Waals surface area contributed by atoms with Crippen LogP contribution in [0.2, 0.25) is 0 Å². The summed E-state index contributed by atoms with van der Waals surface area (Å²) in [5, 5.41) is 50.6. The molecule has 160 valence electrons. The lowest BCUT2D eigenvalue weighted by atomic mass is 10.1. The number of hydrogen-bond acceptors (Lipinski definition) is 8. The van der Waals surface area contributed by atoms with E-state index in [0.29, 0.717) is 6.29 Å². The van der Waals surface area contributed by atoms with Gasteiger partial charge < -0.3 is 36.2 Å². The number of carboxylic acid groups (broad SMARTS) is 1. The maximum Gasteiger partial charge on any atom is 0.335 e. The molecule has 0 bridgehead atoms. The zero-order valence-electron chi connectivity index (χ0n) is 14.2. The quantitative estimate of drug-likeness (QED) is 0.124. The molecule has 11 nitrogen and oxygen atoms in total. The van der Waals surface area contributed by atoms with Crippen molar-refractivity contribution < 1.29 is 44.7 Å². The van der Waals surface area contributed by atoms with Crippen LogP contribution in [0.4, 0.5) is 5.69 Å². The van der Waals surface area contributed by atoms with Crippen LogP contribution in [0.5, 0.6) is 0 Å². The standard InChI is InChI=1S/C15H15I3N2O9/c16-7-5(3-22)8(17)10(20-14(27)11(24)12(25)15(28)29)9(18)6(7)13(26)19-1-4(23)2-21/h3-4,11-12,21,23-25H,1-2H2,(H,19,26)(H,20,27)(H,28,29). The molecular formula is C15H15I3N2O9. The van der Waals surface area contributed by atoms with Gasteiger partial charge in [0.05, 0.1) is 27.5 Å². The molecule has 3 unspecified atom stereocenters. The van der Waals surface area contributed by atoms with E-state index in [1.165, 1.54) is 0 Å². The monoisotopic (exact) mass is 748 g/mol. The number of carbonyl (C=O) groups excluding carboxylic acids is 3. The van der Waals surface area contributed by atoms with Gasteiger partial charge in [0.25, 0.3) is 11.8 Å². The van der Waals surface area contributed by atoms with Crippen LogP contribution in [0.15, 0.2) is 0 Å². The number of amides is 2. The number of rotatable bonds is 9. The Hall–Kier alpha value is -0.670. The molecule has 1 rings (SSSR count). The van der Waals surface area contributed by atoms with Crippen molar-refractivity contribution in [1.82, 2.24) is 5.32 Å². The van der Waals surface area contributed by atoms with Crippen molar-refractivity contribution in [2.75, 3.05) is 18.5 Å². The molecule has 0 radical (unpaired) electrons. The van der Waals surface area contributed by atoms with Crippen LogP contribution in [0.25, 0.3) is 0 Å². The zero-order valence-corrected chi connectivity index (χ0v) is 20.7. The van der Waals surface area contributed by atoms with Gasteiger partial charge in [0.1, 0.15) is 0 Å². The zero-order chi connectivity index (χ0) is 22.5. The first-order chi connectivity index (χ1) is 13.5. The lowest BCUT2D eigenvalue weighted by molar-refractivity contribution is -0.156. The second-order valence-electron chi connectivity index (χ2n) is 5.49. The largest absolute Gasteiger partial charge is 0.479 e. The van der Waals surface area contributed by atoms with Crippen molar-refractivity contribution >= 4 is 97.5 Å². The molecule has 7 N–H and O–H groups in total. The number of aliphatic carboxylic acids is 1. The third-order valence-electron chi connectivity index (χ3n) is 3.47. The average Bonchev–Trinajstić information content (AvgIpc) is 2.68. The number of aliphatic hydroxyl groups is 4. The molecule has 0 heterocycles. The normalized spacial score (nSPS) is 13.9. The third kappa shape index (κ3) is 6.40. The van der Waals surface area contributed by atoms with E-state index in [-0.39, 0.29) is 34.1 Å². The fourth-order valence-electron chi connectivity index (χ4n) is 1.93. The lowest BCUT2D eigenvalue weighted by Crippen LogP contribution is -2.43. The van der Waals surface area contributed by atoms with E-state index < -0.39 is 42.7 Å². The van der Waals surface area contributed by atoms with Gasteiger partial charge in [-0.25, -0.2) is 4.79 Å². The summed E-state index contributed by atoms with van der Waals surface area (Å²) in [6.45, 7) is -0.846. The minimum Gasteiger partial charge on any atom is -0.479 e. The maximum absolute atomic E-state index is 12.5. The number of halogens is 3. The Morgan fingerprint density at radius 2 is 1.59 bits per heavy atom. The molecule has 1 aromatic carbocycles. The molecule has 2 amide bonds. The van der Waals surface area contributed by atoms with Crippen LogP contribution in [0, 0.1) is 10.7 Å². The van der Waals surface area contributed by atoms with Gasteiger partial charge in [0, 0.05) is 19.2 Å². The Kier molecular flexibility index (Phi) is 10.6. The van der Waals surface area contributed by atoms with Crippen molar-refractivity contribution in [1.29, 1.82) is 0 Å². The number of carboxylic acids is 1. The second kappa shape index (κ2) is 11.6. The molecule has 0 aromatic heterocycles. The molecule has 0 fully saturated rings. The molecule has 0 saturated carbocycles. The lowest BCUT2D eigenvalue weighted by Gasteiger charge is -2.20. The topological polar surface area (TPSA) is 193 Å². The first-order valence-corrected chi connectivity index (χ1v) is 10.8. The highest BCUT2D eigenvalue weighted by Gasteiger charge is 2.32. The second-order valence-corrected chi connectivity index (χ2v) is 8.72. The van der Waals surface area contributed by atoms with Gasteiger partial charge >= 0.3 is 5.97 Å². The van der Waals surface area contributed by atoms with E-state index in [0.717, 1.165) is 0 Å². The van der Waals surface area contributed by atoms with Crippen molar-refractivity contribution in [3.8, 4) is 0 Å². The number of carbonyl (C=O) groups is 4. The predicted molar refractivity (Wildman–Crippen MR) is 124 cm³/mol. The Labute approximate surface area is 204 Å². The molecule has 0 saturated heterocycles. The average molecular weight is 748 g/mol. The minimum absolute atomic E-state index is 0.0116. The van der Waals surface area contributed by atoms with Crippen molar-refractivity contribution in [2.24, 2.45) is 0 Å². The van der Waals surface area contributed by atoms with Gasteiger partial charge in [-0.3, -0.25) is 14.4 Å². The van der Waals surface area contributed by atoms with Crippen molar-refractivity contribution in [2.45, 2.75) is 18.3 Å². The summed E-state index contributed by atoms with van der Waals surface area (Å²) >= 11 is 5.22. The first kappa shape index (κ1) is 26.4. The molecule has 0 aliphatic heterocycles. The van der Waals surface area contributed by atoms with Gasteiger partial charge in [0.15, 0.2) is 18.5 Å². The van der Waals surface area contributed by atoms with Crippen LogP contribution in [0.1, 0.15) is 20.7 Å². The molecule has 29 heavy (non-hydrogen) atoms. The summed E-state index contributed by atoms with van der Waals surface area (Å²) in [6.07, 6.45) is -5.41. The Morgan fingerprint density at radius 3 is 2.07 bits per heavy atom. The Bertz CT molecular complexity index is 834. The molecule has 3 atom stereocenters. The Morgan fingerprint density at radius 1 is 1.00 bits per heavy atom. The number of benzene rings is 1. The maximum atomic E-state index is 12.5. The summed E-state index contributed by atoms with van der Waals surface area (Å²) in [5.74, 6) is -3.76. The molecule has 0 spiro atoms. The number of aliphatic hydroxyl groups excluding tert-OH is 4. The molecule has 0 aliphatic carbocycles. The Balaban J connectivity index is 3.38. The number of nitrogens with one attached hydrogen (secondary N) is 2. The highest BCUT2D eigenvalue weighted by atomic mass is 127. The van der Waals surface area contributed by atoms with Crippen molar-refractivity contribution in [3.63, 3.8) is 0 Å². The van der Waals surface area contributed by atoms with Crippen LogP contribution in [0.3, 0.4) is 0 Å². The number of hydrogen-bond donors (Lipinski definition) is 7. The first-order valence-electron chi connectivity index (χ1n) is 7.60. The number of aldehydes is 1. The van der Waals surface area contributed by atoms with E-state index in [9.17, 15) is 34.5 Å². The highest BCUT2D eigenvalue weighted by Crippen LogP contribution is 2.35. The number of anilines is 1. The van der Waals surface area contributed by atoms with E-state index in [2.05, 4.69) is 10.6 Å². The summed E-state index contributed by atoms with van der Waals surface area (Å²) in [5.41, 5.74) is 0.00804. The molecular weight excluding hydrogens is 733 g/mol. The van der Waals surface area contributed by atoms with E-state index >= 15 is 0 Å². The summed E-state index contributed by atoms with van der Waals surface area (Å²) in [7, 11) is 0. The van der Waals surface area contributed by atoms with Gasteiger partial charge in [-0.05, 0) is 67.8 Å². The fraction of sp³-hybridized carbons (Fsp3) is 0.333. The molecule has 0 aliphatic rings. The third-order valence-corrected chi connectivity index (χ3v) is 6.79. The smallest absolute Gasteiger partial charge is 0.335 e. The van der Waals surface area contributed by atoms with Crippen LogP contribution < -0.4 is 10.6 Å². The van der Waals surface area contributed by atoms with Crippen molar-refractivity contribution in [3.05, 3.63) is 21.8 Å².